The lowest BCUT2D eigenvalue weighted by atomic mass is 9.95. The molecule has 6 nitrogen and oxygen atoms in total. The molecule has 0 spiro atoms. The van der Waals surface area contributed by atoms with Crippen molar-refractivity contribution < 1.29 is 33.0 Å². The largest absolute Gasteiger partial charge is 0.507 e. The van der Waals surface area contributed by atoms with Crippen LogP contribution in [0.4, 0.5) is 14.5 Å². The Morgan fingerprint density at radius 3 is 2.21 bits per heavy atom. The minimum absolute atomic E-state index is 0.123. The molecule has 1 heterocycles. The van der Waals surface area contributed by atoms with Gasteiger partial charge in [0.05, 0.1) is 25.8 Å². The number of carbonyl (C=O) groups is 2. The van der Waals surface area contributed by atoms with Gasteiger partial charge in [-0.3, -0.25) is 14.5 Å². The van der Waals surface area contributed by atoms with E-state index in [1.54, 1.807) is 6.07 Å². The molecule has 3 aromatic rings. The molecule has 168 valence electrons. The molecule has 33 heavy (non-hydrogen) atoms. The van der Waals surface area contributed by atoms with Crippen molar-refractivity contribution in [2.24, 2.45) is 0 Å². The number of hydrogen-bond acceptors (Lipinski definition) is 5. The van der Waals surface area contributed by atoms with Crippen LogP contribution in [0.3, 0.4) is 0 Å². The predicted molar refractivity (Wildman–Crippen MR) is 117 cm³/mol. The molecule has 1 saturated heterocycles. The SMILES string of the molecule is COc1ccc(/C(O)=C2\C(=O)C(=O)N(c3cccc(F)c3)C2c2ccc(F)cc2)cc1OC. The number of aliphatic hydroxyl groups excluding tert-OH is 1. The monoisotopic (exact) mass is 451 g/mol. The van der Waals surface area contributed by atoms with Crippen LogP contribution >= 0.6 is 0 Å². The van der Waals surface area contributed by atoms with E-state index in [-0.39, 0.29) is 16.8 Å². The molecule has 1 aliphatic rings. The highest BCUT2D eigenvalue weighted by atomic mass is 19.1. The molecule has 1 atom stereocenters. The highest BCUT2D eigenvalue weighted by Crippen LogP contribution is 2.43. The zero-order valence-corrected chi connectivity index (χ0v) is 17.7. The summed E-state index contributed by atoms with van der Waals surface area (Å²) >= 11 is 0. The first-order valence-electron chi connectivity index (χ1n) is 9.90. The molecule has 3 aromatic carbocycles. The van der Waals surface area contributed by atoms with Crippen molar-refractivity contribution in [3.8, 4) is 11.5 Å². The van der Waals surface area contributed by atoms with Crippen molar-refractivity contribution >= 4 is 23.1 Å². The molecule has 1 fully saturated rings. The minimum Gasteiger partial charge on any atom is -0.507 e. The van der Waals surface area contributed by atoms with Crippen LogP contribution < -0.4 is 14.4 Å². The molecule has 0 radical (unpaired) electrons. The van der Waals surface area contributed by atoms with Crippen molar-refractivity contribution in [3.63, 3.8) is 0 Å². The predicted octanol–water partition coefficient (Wildman–Crippen LogP) is 4.61. The van der Waals surface area contributed by atoms with E-state index in [0.717, 1.165) is 11.0 Å². The first-order valence-corrected chi connectivity index (χ1v) is 9.90. The highest BCUT2D eigenvalue weighted by Gasteiger charge is 2.47. The van der Waals surface area contributed by atoms with E-state index in [9.17, 15) is 23.5 Å². The van der Waals surface area contributed by atoms with Crippen LogP contribution in [0, 0.1) is 11.6 Å². The smallest absolute Gasteiger partial charge is 0.300 e. The summed E-state index contributed by atoms with van der Waals surface area (Å²) in [7, 11) is 2.87. The van der Waals surface area contributed by atoms with Gasteiger partial charge in [0.2, 0.25) is 0 Å². The fourth-order valence-corrected chi connectivity index (χ4v) is 3.82. The Labute approximate surface area is 188 Å². The lowest BCUT2D eigenvalue weighted by Gasteiger charge is -2.25. The second kappa shape index (κ2) is 8.74. The van der Waals surface area contributed by atoms with Gasteiger partial charge in [-0.25, -0.2) is 8.78 Å². The van der Waals surface area contributed by atoms with Gasteiger partial charge in [0.25, 0.3) is 11.7 Å². The maximum Gasteiger partial charge on any atom is 0.300 e. The van der Waals surface area contributed by atoms with Crippen LogP contribution in [0.25, 0.3) is 5.76 Å². The van der Waals surface area contributed by atoms with Crippen molar-refractivity contribution in [1.82, 2.24) is 0 Å². The van der Waals surface area contributed by atoms with E-state index in [1.807, 2.05) is 0 Å². The normalized spacial score (nSPS) is 17.3. The quantitative estimate of drug-likeness (QED) is 0.348. The number of nitrogens with zero attached hydrogens (tertiary/aromatic N) is 1. The van der Waals surface area contributed by atoms with Crippen LogP contribution in [-0.4, -0.2) is 31.0 Å². The zero-order chi connectivity index (χ0) is 23.7. The second-order valence-electron chi connectivity index (χ2n) is 7.27. The highest BCUT2D eigenvalue weighted by molar-refractivity contribution is 6.51. The standard InChI is InChI=1S/C25H19F2NO5/c1-32-19-11-8-15(12-20(19)33-2)23(29)21-22(14-6-9-16(26)10-7-14)28(25(31)24(21)30)18-5-3-4-17(27)13-18/h3-13,22,29H,1-2H3/b23-21+. The van der Waals surface area contributed by atoms with Crippen molar-refractivity contribution in [2.45, 2.75) is 6.04 Å². The molecule has 0 saturated carbocycles. The Morgan fingerprint density at radius 2 is 1.58 bits per heavy atom. The number of aliphatic hydroxyl groups is 1. The molecular formula is C25H19F2NO5. The lowest BCUT2D eigenvalue weighted by Crippen LogP contribution is -2.29. The van der Waals surface area contributed by atoms with Gasteiger partial charge < -0.3 is 14.6 Å². The van der Waals surface area contributed by atoms with Crippen LogP contribution in [0.15, 0.2) is 72.3 Å². The second-order valence-corrected chi connectivity index (χ2v) is 7.27. The fourth-order valence-electron chi connectivity index (χ4n) is 3.82. The van der Waals surface area contributed by atoms with Crippen molar-refractivity contribution in [1.29, 1.82) is 0 Å². The maximum absolute atomic E-state index is 13.9. The summed E-state index contributed by atoms with van der Waals surface area (Å²) in [6.07, 6.45) is 0. The molecule has 1 aliphatic heterocycles. The van der Waals surface area contributed by atoms with Gasteiger partial charge >= 0.3 is 0 Å². The third-order valence-electron chi connectivity index (χ3n) is 5.37. The number of rotatable bonds is 5. The number of carbonyl (C=O) groups excluding carboxylic acids is 2. The summed E-state index contributed by atoms with van der Waals surface area (Å²) in [4.78, 5) is 27.2. The van der Waals surface area contributed by atoms with E-state index in [1.165, 1.54) is 68.8 Å². The molecule has 1 N–H and O–H groups in total. The van der Waals surface area contributed by atoms with Gasteiger partial charge in [0.15, 0.2) is 11.5 Å². The summed E-state index contributed by atoms with van der Waals surface area (Å²) in [5.41, 5.74) is 0.472. The molecule has 1 amide bonds. The summed E-state index contributed by atoms with van der Waals surface area (Å²) in [5, 5.41) is 11.1. The molecule has 1 unspecified atom stereocenters. The molecule has 0 bridgehead atoms. The third-order valence-corrected chi connectivity index (χ3v) is 5.37. The summed E-state index contributed by atoms with van der Waals surface area (Å²) in [6.45, 7) is 0. The zero-order valence-electron chi connectivity index (χ0n) is 17.7. The van der Waals surface area contributed by atoms with Crippen molar-refractivity contribution in [2.75, 3.05) is 19.1 Å². The Balaban J connectivity index is 1.94. The van der Waals surface area contributed by atoms with Crippen molar-refractivity contribution in [3.05, 3.63) is 95.1 Å². The summed E-state index contributed by atoms with van der Waals surface area (Å²) in [6, 6.07) is 13.8. The number of methoxy groups -OCH3 is 2. The summed E-state index contributed by atoms with van der Waals surface area (Å²) in [5.74, 6) is -2.77. The van der Waals surface area contributed by atoms with Gasteiger partial charge in [-0.05, 0) is 54.1 Å². The molecule has 0 aliphatic carbocycles. The number of Topliss-reactive ketones (excluding diaryl/α,β-unsaturated/α-hetero) is 1. The van der Waals surface area contributed by atoms with Crippen LogP contribution in [0.1, 0.15) is 17.2 Å². The Kier molecular flexibility index (Phi) is 5.83. The maximum atomic E-state index is 13.9. The first-order chi connectivity index (χ1) is 15.8. The van der Waals surface area contributed by atoms with Gasteiger partial charge in [0.1, 0.15) is 17.4 Å². The first kappa shape index (κ1) is 22.0. The molecule has 0 aromatic heterocycles. The molecule has 8 heteroatoms. The number of anilines is 1. The van der Waals surface area contributed by atoms with Gasteiger partial charge in [-0.1, -0.05) is 18.2 Å². The number of benzene rings is 3. The van der Waals surface area contributed by atoms with E-state index >= 15 is 0 Å². The fraction of sp³-hybridized carbons (Fsp3) is 0.120. The van der Waals surface area contributed by atoms with E-state index < -0.39 is 35.1 Å². The van der Waals surface area contributed by atoms with Gasteiger partial charge in [-0.15, -0.1) is 0 Å². The van der Waals surface area contributed by atoms with Crippen LogP contribution in [0.5, 0.6) is 11.5 Å². The van der Waals surface area contributed by atoms with Crippen LogP contribution in [-0.2, 0) is 9.59 Å². The Bertz CT molecular complexity index is 1270. The summed E-state index contributed by atoms with van der Waals surface area (Å²) < 4.78 is 38.0. The van der Waals surface area contributed by atoms with Gasteiger partial charge in [0, 0.05) is 11.3 Å². The average Bonchev–Trinajstić information content (AvgIpc) is 3.09. The van der Waals surface area contributed by atoms with E-state index in [4.69, 9.17) is 9.47 Å². The topological polar surface area (TPSA) is 76.1 Å². The minimum atomic E-state index is -1.11. The average molecular weight is 451 g/mol. The number of amides is 1. The number of ether oxygens (including phenoxy) is 2. The number of halogens is 2. The Morgan fingerprint density at radius 1 is 0.879 bits per heavy atom. The molecular weight excluding hydrogens is 432 g/mol. The number of hydrogen-bond donors (Lipinski definition) is 1. The van der Waals surface area contributed by atoms with Gasteiger partial charge in [-0.2, -0.15) is 0 Å². The number of ketones is 1. The molecule has 4 rings (SSSR count). The van der Waals surface area contributed by atoms with E-state index in [0.29, 0.717) is 17.1 Å². The Hall–Kier alpha value is -4.20. The third kappa shape index (κ3) is 3.91. The van der Waals surface area contributed by atoms with E-state index in [2.05, 4.69) is 0 Å². The van der Waals surface area contributed by atoms with Crippen LogP contribution in [0.2, 0.25) is 0 Å². The lowest BCUT2D eigenvalue weighted by molar-refractivity contribution is -0.132.